The fraction of sp³-hybridized carbons (Fsp3) is 0.333. The zero-order valence-electron chi connectivity index (χ0n) is 23.3. The molecule has 0 saturated carbocycles. The standard InChI is InChI=1S/C30H35BrClN3O5S/c1-4-5-17-33-30(37)27(18-22-9-7-6-8-10-22)34(20-23-11-13-24(31)14-12-23)29(36)21-35(41(3,38)39)25-15-16-28(40-2)26(32)19-25/h6-16,19,27H,4-5,17-18,20-21H2,1-3H3,(H,33,37)/t27-/m0/s1. The lowest BCUT2D eigenvalue weighted by molar-refractivity contribution is -0.140. The lowest BCUT2D eigenvalue weighted by atomic mass is 10.0. The number of amides is 2. The SMILES string of the molecule is CCCCNC(=O)[C@H](Cc1ccccc1)N(Cc1ccc(Br)cc1)C(=O)CN(c1ccc(OC)c(Cl)c1)S(C)(=O)=O. The van der Waals surface area contributed by atoms with Crippen LogP contribution in [-0.2, 0) is 32.6 Å². The van der Waals surface area contributed by atoms with Crippen LogP contribution in [0.3, 0.4) is 0 Å². The van der Waals surface area contributed by atoms with E-state index in [9.17, 15) is 18.0 Å². The number of nitrogens with one attached hydrogen (secondary N) is 1. The highest BCUT2D eigenvalue weighted by atomic mass is 79.9. The summed E-state index contributed by atoms with van der Waals surface area (Å²) in [5.74, 6) is -0.457. The summed E-state index contributed by atoms with van der Waals surface area (Å²) >= 11 is 9.72. The highest BCUT2D eigenvalue weighted by Crippen LogP contribution is 2.30. The molecule has 0 saturated heterocycles. The van der Waals surface area contributed by atoms with Crippen molar-refractivity contribution >= 4 is 55.1 Å². The number of nitrogens with zero attached hydrogens (tertiary/aromatic N) is 2. The molecule has 2 amide bonds. The molecule has 1 N–H and O–H groups in total. The van der Waals surface area contributed by atoms with Gasteiger partial charge in [0.25, 0.3) is 0 Å². The highest BCUT2D eigenvalue weighted by Gasteiger charge is 2.33. The average Bonchev–Trinajstić information content (AvgIpc) is 2.94. The molecule has 0 unspecified atom stereocenters. The van der Waals surface area contributed by atoms with Crippen LogP contribution in [-0.4, -0.2) is 57.6 Å². The summed E-state index contributed by atoms with van der Waals surface area (Å²) in [4.78, 5) is 29.2. The number of anilines is 1. The van der Waals surface area contributed by atoms with Gasteiger partial charge in [-0.3, -0.25) is 13.9 Å². The van der Waals surface area contributed by atoms with E-state index in [0.29, 0.717) is 12.3 Å². The molecule has 3 aromatic rings. The molecule has 0 aliphatic rings. The van der Waals surface area contributed by atoms with Gasteiger partial charge in [0.15, 0.2) is 0 Å². The van der Waals surface area contributed by atoms with Crippen LogP contribution in [0.2, 0.25) is 5.02 Å². The van der Waals surface area contributed by atoms with Gasteiger partial charge in [0.2, 0.25) is 21.8 Å². The van der Waals surface area contributed by atoms with E-state index in [1.54, 1.807) is 6.07 Å². The maximum absolute atomic E-state index is 14.1. The summed E-state index contributed by atoms with van der Waals surface area (Å²) in [5, 5.41) is 3.17. The number of hydrogen-bond donors (Lipinski definition) is 1. The third kappa shape index (κ3) is 9.48. The van der Waals surface area contributed by atoms with Gasteiger partial charge in [-0.15, -0.1) is 0 Å². The van der Waals surface area contributed by atoms with E-state index in [0.717, 1.165) is 39.0 Å². The summed E-state index contributed by atoms with van der Waals surface area (Å²) in [6.45, 7) is 2.08. The van der Waals surface area contributed by atoms with Crippen LogP contribution in [0, 0.1) is 0 Å². The van der Waals surface area contributed by atoms with E-state index in [2.05, 4.69) is 21.2 Å². The van der Waals surface area contributed by atoms with Crippen molar-refractivity contribution < 1.29 is 22.7 Å². The van der Waals surface area contributed by atoms with Crippen LogP contribution in [0.1, 0.15) is 30.9 Å². The van der Waals surface area contributed by atoms with Gasteiger partial charge in [-0.1, -0.05) is 83.3 Å². The molecule has 41 heavy (non-hydrogen) atoms. The molecule has 0 spiro atoms. The molecule has 3 aromatic carbocycles. The van der Waals surface area contributed by atoms with Gasteiger partial charge in [-0.2, -0.15) is 0 Å². The maximum atomic E-state index is 14.1. The molecule has 220 valence electrons. The van der Waals surface area contributed by atoms with Crippen molar-refractivity contribution in [1.29, 1.82) is 0 Å². The monoisotopic (exact) mass is 663 g/mol. The molecular weight excluding hydrogens is 630 g/mol. The van der Waals surface area contributed by atoms with E-state index in [-0.39, 0.29) is 29.6 Å². The Morgan fingerprint density at radius 2 is 1.71 bits per heavy atom. The van der Waals surface area contributed by atoms with Gasteiger partial charge in [-0.05, 0) is 47.9 Å². The predicted molar refractivity (Wildman–Crippen MR) is 167 cm³/mol. The summed E-state index contributed by atoms with van der Waals surface area (Å²) < 4.78 is 32.9. The zero-order valence-corrected chi connectivity index (χ0v) is 26.5. The number of ether oxygens (including phenoxy) is 1. The lowest BCUT2D eigenvalue weighted by Gasteiger charge is -2.33. The molecular formula is C30H35BrClN3O5S. The average molecular weight is 665 g/mol. The predicted octanol–water partition coefficient (Wildman–Crippen LogP) is 5.43. The molecule has 8 nitrogen and oxygen atoms in total. The van der Waals surface area contributed by atoms with Gasteiger partial charge < -0.3 is 15.0 Å². The quantitative estimate of drug-likeness (QED) is 0.232. The smallest absolute Gasteiger partial charge is 0.244 e. The molecule has 1 atom stereocenters. The zero-order chi connectivity index (χ0) is 30.0. The van der Waals surface area contributed by atoms with Gasteiger partial charge >= 0.3 is 0 Å². The number of halogens is 2. The third-order valence-corrected chi connectivity index (χ3v) is 8.43. The molecule has 0 aliphatic carbocycles. The van der Waals surface area contributed by atoms with E-state index in [1.807, 2.05) is 61.5 Å². The first kappa shape index (κ1) is 32.4. The maximum Gasteiger partial charge on any atom is 0.244 e. The molecule has 3 rings (SSSR count). The second-order valence-electron chi connectivity index (χ2n) is 9.59. The largest absolute Gasteiger partial charge is 0.495 e. The minimum atomic E-state index is -3.90. The fourth-order valence-electron chi connectivity index (χ4n) is 4.27. The van der Waals surface area contributed by atoms with Crippen LogP contribution in [0.5, 0.6) is 5.75 Å². The Morgan fingerprint density at radius 3 is 2.29 bits per heavy atom. The van der Waals surface area contributed by atoms with Crippen molar-refractivity contribution in [1.82, 2.24) is 10.2 Å². The van der Waals surface area contributed by atoms with E-state index in [4.69, 9.17) is 16.3 Å². The molecule has 0 fully saturated rings. The van der Waals surface area contributed by atoms with Crippen LogP contribution >= 0.6 is 27.5 Å². The molecule has 0 bridgehead atoms. The Bertz CT molecular complexity index is 1420. The fourth-order valence-corrected chi connectivity index (χ4v) is 5.63. The van der Waals surface area contributed by atoms with Crippen molar-refractivity contribution in [3.05, 3.63) is 93.4 Å². The molecule has 0 aromatic heterocycles. The van der Waals surface area contributed by atoms with Crippen LogP contribution in [0.25, 0.3) is 0 Å². The van der Waals surface area contributed by atoms with Crippen LogP contribution in [0.15, 0.2) is 77.3 Å². The molecule has 0 radical (unpaired) electrons. The number of methoxy groups -OCH3 is 1. The van der Waals surface area contributed by atoms with Crippen LogP contribution in [0.4, 0.5) is 5.69 Å². The van der Waals surface area contributed by atoms with Gasteiger partial charge in [-0.25, -0.2) is 8.42 Å². The Labute approximate surface area is 255 Å². The number of sulfonamides is 1. The summed E-state index contributed by atoms with van der Waals surface area (Å²) in [7, 11) is -2.45. The van der Waals surface area contributed by atoms with Crippen molar-refractivity contribution in [2.45, 2.75) is 38.8 Å². The van der Waals surface area contributed by atoms with E-state index < -0.39 is 28.5 Å². The highest BCUT2D eigenvalue weighted by molar-refractivity contribution is 9.10. The van der Waals surface area contributed by atoms with Crippen LogP contribution < -0.4 is 14.4 Å². The van der Waals surface area contributed by atoms with E-state index >= 15 is 0 Å². The minimum Gasteiger partial charge on any atom is -0.495 e. The summed E-state index contributed by atoms with van der Waals surface area (Å²) in [5.41, 5.74) is 1.88. The summed E-state index contributed by atoms with van der Waals surface area (Å²) in [6, 6.07) is 20.5. The number of carbonyl (C=O) groups excluding carboxylic acids is 2. The molecule has 11 heteroatoms. The minimum absolute atomic E-state index is 0.103. The normalized spacial score (nSPS) is 11.9. The van der Waals surface area contributed by atoms with Gasteiger partial charge in [0, 0.05) is 24.0 Å². The first-order valence-electron chi connectivity index (χ1n) is 13.2. The first-order valence-corrected chi connectivity index (χ1v) is 16.2. The van der Waals surface area contributed by atoms with Crippen molar-refractivity contribution in [2.75, 3.05) is 30.8 Å². The van der Waals surface area contributed by atoms with Crippen molar-refractivity contribution in [3.63, 3.8) is 0 Å². The number of benzene rings is 3. The van der Waals surface area contributed by atoms with Gasteiger partial charge in [0.1, 0.15) is 18.3 Å². The third-order valence-electron chi connectivity index (χ3n) is 6.47. The second kappa shape index (κ2) is 15.2. The lowest BCUT2D eigenvalue weighted by Crippen LogP contribution is -2.53. The Kier molecular flexibility index (Phi) is 12.1. The second-order valence-corrected chi connectivity index (χ2v) is 12.8. The number of unbranched alkanes of at least 4 members (excludes halogenated alkanes) is 1. The Balaban J connectivity index is 2.04. The Morgan fingerprint density at radius 1 is 1.02 bits per heavy atom. The summed E-state index contributed by atoms with van der Waals surface area (Å²) in [6.07, 6.45) is 2.98. The van der Waals surface area contributed by atoms with Crippen molar-refractivity contribution in [2.24, 2.45) is 0 Å². The Hall–Kier alpha value is -3.08. The number of rotatable bonds is 14. The topological polar surface area (TPSA) is 96.0 Å². The van der Waals surface area contributed by atoms with Crippen molar-refractivity contribution in [3.8, 4) is 5.75 Å². The molecule has 0 heterocycles. The number of carbonyl (C=O) groups is 2. The number of hydrogen-bond acceptors (Lipinski definition) is 5. The van der Waals surface area contributed by atoms with Gasteiger partial charge in [0.05, 0.1) is 24.1 Å². The molecule has 0 aliphatic heterocycles. The first-order chi connectivity index (χ1) is 19.5. The van der Waals surface area contributed by atoms with E-state index in [1.165, 1.54) is 24.1 Å².